The van der Waals surface area contributed by atoms with Crippen molar-refractivity contribution in [3.05, 3.63) is 29.3 Å². The summed E-state index contributed by atoms with van der Waals surface area (Å²) in [6.07, 6.45) is 0.588. The highest BCUT2D eigenvalue weighted by molar-refractivity contribution is 7.13. The lowest BCUT2D eigenvalue weighted by Crippen LogP contribution is -2.37. The predicted octanol–water partition coefficient (Wildman–Crippen LogP) is 2.99. The maximum Gasteiger partial charge on any atom is 0.320 e. The van der Waals surface area contributed by atoms with Crippen LogP contribution in [-0.4, -0.2) is 22.3 Å². The summed E-state index contributed by atoms with van der Waals surface area (Å²) < 4.78 is 5.26. The first-order chi connectivity index (χ1) is 9.56. The van der Waals surface area contributed by atoms with Gasteiger partial charge in [-0.3, -0.25) is 10.1 Å². The van der Waals surface area contributed by atoms with Crippen LogP contribution in [0.2, 0.25) is 0 Å². The minimum Gasteiger partial charge on any atom is -0.480 e. The number of carboxylic acids is 1. The third kappa shape index (κ3) is 3.91. The van der Waals surface area contributed by atoms with Crippen LogP contribution in [0.3, 0.4) is 0 Å². The number of carboxylic acid groups (broad SMARTS) is 1. The maximum atomic E-state index is 11.1. The van der Waals surface area contributed by atoms with Crippen molar-refractivity contribution in [2.75, 3.05) is 0 Å². The molecule has 6 heteroatoms. The second-order valence-electron chi connectivity index (χ2n) is 5.06. The highest BCUT2D eigenvalue weighted by Gasteiger charge is 2.18. The van der Waals surface area contributed by atoms with E-state index in [0.717, 1.165) is 4.88 Å². The van der Waals surface area contributed by atoms with Gasteiger partial charge in [-0.25, -0.2) is 0 Å². The number of thiophene rings is 1. The van der Waals surface area contributed by atoms with Crippen molar-refractivity contribution in [1.29, 1.82) is 0 Å². The zero-order valence-electron chi connectivity index (χ0n) is 11.5. The number of aliphatic carboxylic acids is 1. The molecule has 0 aliphatic heterocycles. The molecule has 20 heavy (non-hydrogen) atoms. The molecule has 2 N–H and O–H groups in total. The zero-order valence-corrected chi connectivity index (χ0v) is 12.3. The van der Waals surface area contributed by atoms with Crippen molar-refractivity contribution >= 4 is 17.3 Å². The summed E-state index contributed by atoms with van der Waals surface area (Å²) in [7, 11) is 0. The topological polar surface area (TPSA) is 75.4 Å². The molecule has 0 aliphatic rings. The molecule has 0 aromatic carbocycles. The summed E-state index contributed by atoms with van der Waals surface area (Å²) in [6, 6.07) is 5.19. The Labute approximate surface area is 121 Å². The van der Waals surface area contributed by atoms with Crippen LogP contribution in [0.4, 0.5) is 0 Å². The number of rotatable bonds is 7. The molecule has 0 radical (unpaired) electrons. The molecular weight excluding hydrogens is 276 g/mol. The lowest BCUT2D eigenvalue weighted by atomic mass is 10.0. The van der Waals surface area contributed by atoms with E-state index < -0.39 is 12.0 Å². The molecule has 2 rings (SSSR count). The largest absolute Gasteiger partial charge is 0.480 e. The SMILES string of the molecule is CC(C)CC(NCc1cc(-c2cccs2)on1)C(=O)O. The first-order valence-electron chi connectivity index (χ1n) is 6.52. The molecule has 0 saturated carbocycles. The van der Waals surface area contributed by atoms with Crippen LogP contribution < -0.4 is 5.32 Å². The minimum atomic E-state index is -0.833. The Kier molecular flexibility index (Phi) is 4.92. The molecule has 2 heterocycles. The average Bonchev–Trinajstić information content (AvgIpc) is 3.03. The van der Waals surface area contributed by atoms with Gasteiger partial charge in [-0.1, -0.05) is 25.1 Å². The normalized spacial score (nSPS) is 12.8. The zero-order chi connectivity index (χ0) is 14.5. The average molecular weight is 294 g/mol. The Hall–Kier alpha value is -1.66. The third-order valence-electron chi connectivity index (χ3n) is 2.86. The molecule has 0 saturated heterocycles. The first-order valence-corrected chi connectivity index (χ1v) is 7.40. The fourth-order valence-electron chi connectivity index (χ4n) is 1.90. The highest BCUT2D eigenvalue weighted by Crippen LogP contribution is 2.25. The molecular formula is C14H18N2O3S. The summed E-state index contributed by atoms with van der Waals surface area (Å²) in [5, 5.41) is 18.1. The summed E-state index contributed by atoms with van der Waals surface area (Å²) in [5.74, 6) is 0.204. The van der Waals surface area contributed by atoms with Gasteiger partial charge in [0, 0.05) is 12.6 Å². The van der Waals surface area contributed by atoms with Crippen molar-refractivity contribution in [2.24, 2.45) is 5.92 Å². The molecule has 2 aromatic heterocycles. The van der Waals surface area contributed by atoms with Gasteiger partial charge in [0.25, 0.3) is 0 Å². The number of nitrogens with zero attached hydrogens (tertiary/aromatic N) is 1. The highest BCUT2D eigenvalue weighted by atomic mass is 32.1. The fraction of sp³-hybridized carbons (Fsp3) is 0.429. The van der Waals surface area contributed by atoms with E-state index in [0.29, 0.717) is 30.3 Å². The number of aromatic nitrogens is 1. The molecule has 5 nitrogen and oxygen atoms in total. The van der Waals surface area contributed by atoms with Crippen molar-refractivity contribution < 1.29 is 14.4 Å². The van der Waals surface area contributed by atoms with E-state index in [9.17, 15) is 4.79 Å². The second kappa shape index (κ2) is 6.67. The Balaban J connectivity index is 1.95. The summed E-state index contributed by atoms with van der Waals surface area (Å²) in [6.45, 7) is 4.39. The van der Waals surface area contributed by atoms with Gasteiger partial charge in [0.15, 0.2) is 5.76 Å². The van der Waals surface area contributed by atoms with Crippen molar-refractivity contribution in [3.8, 4) is 10.6 Å². The van der Waals surface area contributed by atoms with Crippen molar-refractivity contribution in [2.45, 2.75) is 32.9 Å². The van der Waals surface area contributed by atoms with Crippen LogP contribution in [0.15, 0.2) is 28.1 Å². The number of hydrogen-bond donors (Lipinski definition) is 2. The number of nitrogens with one attached hydrogen (secondary N) is 1. The van der Waals surface area contributed by atoms with Gasteiger partial charge in [-0.2, -0.15) is 0 Å². The summed E-state index contributed by atoms with van der Waals surface area (Å²) in [5.41, 5.74) is 0.711. The van der Waals surface area contributed by atoms with Crippen LogP contribution in [0.5, 0.6) is 0 Å². The number of hydrogen-bond acceptors (Lipinski definition) is 5. The van der Waals surface area contributed by atoms with Crippen LogP contribution in [0, 0.1) is 5.92 Å². The molecule has 108 valence electrons. The van der Waals surface area contributed by atoms with E-state index in [1.54, 1.807) is 11.3 Å². The monoisotopic (exact) mass is 294 g/mol. The van der Waals surface area contributed by atoms with Gasteiger partial charge in [0.05, 0.1) is 10.6 Å². The molecule has 0 spiro atoms. The van der Waals surface area contributed by atoms with Crippen LogP contribution in [0.1, 0.15) is 26.0 Å². The van der Waals surface area contributed by atoms with E-state index in [1.807, 2.05) is 37.4 Å². The summed E-state index contributed by atoms with van der Waals surface area (Å²) in [4.78, 5) is 12.2. The lowest BCUT2D eigenvalue weighted by Gasteiger charge is -2.15. The van der Waals surface area contributed by atoms with Crippen LogP contribution >= 0.6 is 11.3 Å². The predicted molar refractivity (Wildman–Crippen MR) is 77.5 cm³/mol. The molecule has 2 aromatic rings. The smallest absolute Gasteiger partial charge is 0.320 e. The second-order valence-corrected chi connectivity index (χ2v) is 6.01. The van der Waals surface area contributed by atoms with Gasteiger partial charge in [0.1, 0.15) is 6.04 Å². The molecule has 0 bridgehead atoms. The first kappa shape index (κ1) is 14.7. The van der Waals surface area contributed by atoms with Gasteiger partial charge < -0.3 is 9.63 Å². The van der Waals surface area contributed by atoms with Gasteiger partial charge in [0.2, 0.25) is 0 Å². The Morgan fingerprint density at radius 2 is 2.35 bits per heavy atom. The molecule has 1 unspecified atom stereocenters. The number of carbonyl (C=O) groups is 1. The summed E-state index contributed by atoms with van der Waals surface area (Å²) >= 11 is 1.58. The standard InChI is InChI=1S/C14H18N2O3S/c1-9(2)6-11(14(17)18)15-8-10-7-12(19-16-10)13-4-3-5-20-13/h3-5,7,9,11,15H,6,8H2,1-2H3,(H,17,18). The Bertz CT molecular complexity index is 549. The fourth-order valence-corrected chi connectivity index (χ4v) is 2.57. The third-order valence-corrected chi connectivity index (χ3v) is 3.74. The molecule has 1 atom stereocenters. The minimum absolute atomic E-state index is 0.322. The molecule has 0 aliphatic carbocycles. The Morgan fingerprint density at radius 1 is 1.55 bits per heavy atom. The quantitative estimate of drug-likeness (QED) is 0.821. The molecule has 0 fully saturated rings. The van der Waals surface area contributed by atoms with Crippen molar-refractivity contribution in [3.63, 3.8) is 0 Å². The maximum absolute atomic E-state index is 11.1. The Morgan fingerprint density at radius 3 is 2.95 bits per heavy atom. The van der Waals surface area contributed by atoms with E-state index in [2.05, 4.69) is 10.5 Å². The molecule has 0 amide bonds. The van der Waals surface area contributed by atoms with Gasteiger partial charge >= 0.3 is 5.97 Å². The lowest BCUT2D eigenvalue weighted by molar-refractivity contribution is -0.140. The van der Waals surface area contributed by atoms with E-state index in [1.165, 1.54) is 0 Å². The van der Waals surface area contributed by atoms with E-state index in [-0.39, 0.29) is 0 Å². The van der Waals surface area contributed by atoms with E-state index in [4.69, 9.17) is 9.63 Å². The van der Waals surface area contributed by atoms with Gasteiger partial charge in [-0.15, -0.1) is 11.3 Å². The van der Waals surface area contributed by atoms with Gasteiger partial charge in [-0.05, 0) is 23.8 Å². The van der Waals surface area contributed by atoms with E-state index >= 15 is 0 Å². The van der Waals surface area contributed by atoms with Crippen LogP contribution in [0.25, 0.3) is 10.6 Å². The van der Waals surface area contributed by atoms with Crippen LogP contribution in [-0.2, 0) is 11.3 Å². The van der Waals surface area contributed by atoms with Crippen molar-refractivity contribution in [1.82, 2.24) is 10.5 Å².